The molecule has 6 heteroatoms. The summed E-state index contributed by atoms with van der Waals surface area (Å²) in [6, 6.07) is 5.02. The molecule has 1 saturated carbocycles. The van der Waals surface area contributed by atoms with Crippen molar-refractivity contribution in [1.29, 1.82) is 5.26 Å². The van der Waals surface area contributed by atoms with E-state index in [4.69, 9.17) is 5.26 Å². The first-order chi connectivity index (χ1) is 9.90. The molecule has 0 saturated heterocycles. The van der Waals surface area contributed by atoms with Crippen LogP contribution in [0.25, 0.3) is 0 Å². The molecule has 0 aromatic heterocycles. The molecule has 0 spiro atoms. The summed E-state index contributed by atoms with van der Waals surface area (Å²) >= 11 is 0. The van der Waals surface area contributed by atoms with Gasteiger partial charge in [-0.25, -0.2) is 0 Å². The molecular formula is C15H17F3N2O. The number of aliphatic hydroxyl groups is 1. The molecule has 1 fully saturated rings. The lowest BCUT2D eigenvalue weighted by Gasteiger charge is -2.37. The van der Waals surface area contributed by atoms with E-state index in [1.54, 1.807) is 6.07 Å². The molecule has 0 aliphatic heterocycles. The Morgan fingerprint density at radius 1 is 1.24 bits per heavy atom. The van der Waals surface area contributed by atoms with Crippen LogP contribution in [0.2, 0.25) is 0 Å². The van der Waals surface area contributed by atoms with Crippen LogP contribution in [0, 0.1) is 11.3 Å². The predicted octanol–water partition coefficient (Wildman–Crippen LogP) is 3.68. The Morgan fingerprint density at radius 2 is 1.90 bits per heavy atom. The van der Waals surface area contributed by atoms with Crippen molar-refractivity contribution in [2.24, 2.45) is 0 Å². The zero-order valence-corrected chi connectivity index (χ0v) is 11.5. The van der Waals surface area contributed by atoms with Crippen LogP contribution in [0.15, 0.2) is 18.2 Å². The van der Waals surface area contributed by atoms with Gasteiger partial charge in [-0.2, -0.15) is 18.4 Å². The van der Waals surface area contributed by atoms with Gasteiger partial charge in [-0.05, 0) is 31.0 Å². The molecule has 3 nitrogen and oxygen atoms in total. The maximum Gasteiger partial charge on any atom is 0.417 e. The van der Waals surface area contributed by atoms with Crippen molar-refractivity contribution in [3.8, 4) is 6.07 Å². The molecule has 0 unspecified atom stereocenters. The number of nitriles is 1. The molecule has 0 atom stereocenters. The van der Waals surface area contributed by atoms with Crippen LogP contribution < -0.4 is 5.32 Å². The fourth-order valence-corrected chi connectivity index (χ4v) is 2.82. The van der Waals surface area contributed by atoms with Crippen LogP contribution >= 0.6 is 0 Å². The molecule has 0 amide bonds. The van der Waals surface area contributed by atoms with Crippen LogP contribution in [-0.4, -0.2) is 17.3 Å². The quantitative estimate of drug-likeness (QED) is 0.895. The molecule has 1 aromatic rings. The average Bonchev–Trinajstić information content (AvgIpc) is 2.47. The largest absolute Gasteiger partial charge is 0.417 e. The third-order valence-electron chi connectivity index (χ3n) is 3.97. The summed E-state index contributed by atoms with van der Waals surface area (Å²) in [6.07, 6.45) is 0.0421. The third-order valence-corrected chi connectivity index (χ3v) is 3.97. The number of hydrogen-bond donors (Lipinski definition) is 2. The predicted molar refractivity (Wildman–Crippen MR) is 72.7 cm³/mol. The first kappa shape index (κ1) is 15.6. The minimum atomic E-state index is -4.54. The standard InChI is InChI=1S/C15H17F3N2O/c16-15(17,18)13-5-4-12(8-11(13)9-19)20-14(10-21)6-2-1-3-7-14/h4-5,8,20-21H,1-3,6-7,10H2. The zero-order valence-electron chi connectivity index (χ0n) is 11.5. The van der Waals surface area contributed by atoms with E-state index in [1.165, 1.54) is 12.1 Å². The number of alkyl halides is 3. The minimum absolute atomic E-state index is 0.0735. The van der Waals surface area contributed by atoms with Gasteiger partial charge in [0, 0.05) is 5.69 Å². The number of hydrogen-bond acceptors (Lipinski definition) is 3. The Balaban J connectivity index is 2.27. The second-order valence-corrected chi connectivity index (χ2v) is 5.49. The van der Waals surface area contributed by atoms with Crippen molar-refractivity contribution in [2.45, 2.75) is 43.8 Å². The lowest BCUT2D eigenvalue weighted by molar-refractivity contribution is -0.137. The zero-order chi connectivity index (χ0) is 15.5. The van der Waals surface area contributed by atoms with Gasteiger partial charge in [-0.3, -0.25) is 0 Å². The SMILES string of the molecule is N#Cc1cc(NC2(CO)CCCCC2)ccc1C(F)(F)F. The van der Waals surface area contributed by atoms with Crippen LogP contribution in [-0.2, 0) is 6.18 Å². The summed E-state index contributed by atoms with van der Waals surface area (Å²) < 4.78 is 38.3. The maximum absolute atomic E-state index is 12.8. The summed E-state index contributed by atoms with van der Waals surface area (Å²) in [5.41, 5.74) is -1.39. The molecule has 1 aliphatic carbocycles. The van der Waals surface area contributed by atoms with E-state index >= 15 is 0 Å². The lowest BCUT2D eigenvalue weighted by Crippen LogP contribution is -2.43. The van der Waals surface area contributed by atoms with E-state index in [0.29, 0.717) is 5.69 Å². The number of anilines is 1. The second-order valence-electron chi connectivity index (χ2n) is 5.49. The molecule has 21 heavy (non-hydrogen) atoms. The molecule has 0 radical (unpaired) electrons. The summed E-state index contributed by atoms with van der Waals surface area (Å²) in [4.78, 5) is 0. The highest BCUT2D eigenvalue weighted by molar-refractivity contribution is 5.55. The Kier molecular flexibility index (Phi) is 4.43. The van der Waals surface area contributed by atoms with Crippen LogP contribution in [0.1, 0.15) is 43.2 Å². The Labute approximate surface area is 121 Å². The molecule has 1 aliphatic rings. The number of benzene rings is 1. The van der Waals surface area contributed by atoms with Crippen LogP contribution in [0.5, 0.6) is 0 Å². The number of nitrogens with one attached hydrogen (secondary N) is 1. The number of nitrogens with zero attached hydrogens (tertiary/aromatic N) is 1. The molecule has 0 bridgehead atoms. The average molecular weight is 298 g/mol. The molecular weight excluding hydrogens is 281 g/mol. The highest BCUT2D eigenvalue weighted by Crippen LogP contribution is 2.35. The molecule has 1 aromatic carbocycles. The van der Waals surface area contributed by atoms with Gasteiger partial charge in [0.2, 0.25) is 0 Å². The summed E-state index contributed by atoms with van der Waals surface area (Å²) in [6.45, 7) is -0.0735. The number of rotatable bonds is 3. The fourth-order valence-electron chi connectivity index (χ4n) is 2.82. The van der Waals surface area contributed by atoms with Crippen molar-refractivity contribution in [3.05, 3.63) is 29.3 Å². The first-order valence-electron chi connectivity index (χ1n) is 6.91. The van der Waals surface area contributed by atoms with E-state index in [1.807, 2.05) is 0 Å². The molecule has 114 valence electrons. The normalized spacial score (nSPS) is 18.0. The van der Waals surface area contributed by atoms with E-state index in [-0.39, 0.29) is 6.61 Å². The highest BCUT2D eigenvalue weighted by atomic mass is 19.4. The van der Waals surface area contributed by atoms with Gasteiger partial charge in [-0.15, -0.1) is 0 Å². The van der Waals surface area contributed by atoms with Crippen molar-refractivity contribution in [1.82, 2.24) is 0 Å². The maximum atomic E-state index is 12.8. The second kappa shape index (κ2) is 5.94. The van der Waals surface area contributed by atoms with Crippen molar-refractivity contribution in [3.63, 3.8) is 0 Å². The molecule has 0 heterocycles. The number of halogens is 3. The van der Waals surface area contributed by atoms with Crippen LogP contribution in [0.4, 0.5) is 18.9 Å². The fraction of sp³-hybridized carbons (Fsp3) is 0.533. The first-order valence-corrected chi connectivity index (χ1v) is 6.91. The van der Waals surface area contributed by atoms with Gasteiger partial charge in [-0.1, -0.05) is 19.3 Å². The van der Waals surface area contributed by atoms with E-state index < -0.39 is 22.8 Å². The third kappa shape index (κ3) is 3.48. The van der Waals surface area contributed by atoms with Crippen molar-refractivity contribution < 1.29 is 18.3 Å². The van der Waals surface area contributed by atoms with Crippen molar-refractivity contribution in [2.75, 3.05) is 11.9 Å². The Bertz CT molecular complexity index is 543. The smallest absolute Gasteiger partial charge is 0.394 e. The van der Waals surface area contributed by atoms with Gasteiger partial charge in [0.15, 0.2) is 0 Å². The molecule has 2 rings (SSSR count). The summed E-state index contributed by atoms with van der Waals surface area (Å²) in [5, 5.41) is 21.6. The highest BCUT2D eigenvalue weighted by Gasteiger charge is 2.35. The van der Waals surface area contributed by atoms with E-state index in [9.17, 15) is 18.3 Å². The monoisotopic (exact) mass is 298 g/mol. The lowest BCUT2D eigenvalue weighted by atomic mass is 9.82. The van der Waals surface area contributed by atoms with Gasteiger partial charge < -0.3 is 10.4 Å². The topological polar surface area (TPSA) is 56.0 Å². The molecule has 2 N–H and O–H groups in total. The summed E-state index contributed by atoms with van der Waals surface area (Å²) in [7, 11) is 0. The van der Waals surface area contributed by atoms with E-state index in [2.05, 4.69) is 5.32 Å². The minimum Gasteiger partial charge on any atom is -0.394 e. The van der Waals surface area contributed by atoms with E-state index in [0.717, 1.165) is 38.2 Å². The van der Waals surface area contributed by atoms with Gasteiger partial charge >= 0.3 is 6.18 Å². The van der Waals surface area contributed by atoms with Gasteiger partial charge in [0.05, 0.1) is 29.3 Å². The van der Waals surface area contributed by atoms with Crippen molar-refractivity contribution >= 4 is 5.69 Å². The summed E-state index contributed by atoms with van der Waals surface area (Å²) in [5.74, 6) is 0. The Morgan fingerprint density at radius 3 is 2.43 bits per heavy atom. The Hall–Kier alpha value is -1.74. The van der Waals surface area contributed by atoms with Gasteiger partial charge in [0.25, 0.3) is 0 Å². The van der Waals surface area contributed by atoms with Crippen LogP contribution in [0.3, 0.4) is 0 Å². The number of aliphatic hydroxyl groups excluding tert-OH is 1. The van der Waals surface area contributed by atoms with Gasteiger partial charge in [0.1, 0.15) is 0 Å².